The molecule has 2 N–H and O–H groups in total. The Morgan fingerprint density at radius 1 is 1.06 bits per heavy atom. The molecule has 0 aromatic carbocycles. The van der Waals surface area contributed by atoms with E-state index < -0.39 is 29.5 Å². The number of carbonyl (C=O) groups excluding carboxylic acids is 3. The van der Waals surface area contributed by atoms with Gasteiger partial charge in [-0.15, -0.1) is 0 Å². The first-order valence-corrected chi connectivity index (χ1v) is 5.13. The molecule has 9 heteroatoms. The molecule has 2 saturated heterocycles. The molecule has 2 rings (SSSR count). The minimum Gasteiger partial charge on any atom is -0.345 e. The summed E-state index contributed by atoms with van der Waals surface area (Å²) in [5.74, 6) is -2.47. The highest BCUT2D eigenvalue weighted by molar-refractivity contribution is 6.06. The molecule has 0 aliphatic carbocycles. The van der Waals surface area contributed by atoms with Gasteiger partial charge in [-0.25, -0.2) is 9.59 Å². The Labute approximate surface area is 103 Å². The molecule has 0 unspecified atom stereocenters. The van der Waals surface area contributed by atoms with Gasteiger partial charge in [-0.1, -0.05) is 0 Å². The van der Waals surface area contributed by atoms with E-state index in [1.807, 2.05) is 0 Å². The summed E-state index contributed by atoms with van der Waals surface area (Å²) >= 11 is 0. The van der Waals surface area contributed by atoms with Crippen molar-refractivity contribution < 1.29 is 23.9 Å². The second-order valence-corrected chi connectivity index (χ2v) is 4.01. The molecular formula is C9H14N4O5. The Morgan fingerprint density at radius 2 is 1.67 bits per heavy atom. The maximum Gasteiger partial charge on any atom is 0.326 e. The van der Waals surface area contributed by atoms with Crippen molar-refractivity contribution in [3.05, 3.63) is 0 Å². The maximum absolute atomic E-state index is 12.1. The van der Waals surface area contributed by atoms with Crippen LogP contribution in [0.2, 0.25) is 0 Å². The number of fused-ring (bicyclic) bond motifs is 1. The van der Waals surface area contributed by atoms with Gasteiger partial charge in [-0.3, -0.25) is 25.2 Å². The van der Waals surface area contributed by atoms with Crippen LogP contribution in [0.5, 0.6) is 0 Å². The van der Waals surface area contributed by atoms with Crippen LogP contribution in [0.4, 0.5) is 9.59 Å². The van der Waals surface area contributed by atoms with Crippen LogP contribution in [0.15, 0.2) is 0 Å². The first-order chi connectivity index (χ1) is 8.37. The monoisotopic (exact) mass is 258 g/mol. The van der Waals surface area contributed by atoms with Gasteiger partial charge in [0, 0.05) is 28.3 Å². The van der Waals surface area contributed by atoms with Crippen molar-refractivity contribution in [2.75, 3.05) is 28.3 Å². The zero-order valence-corrected chi connectivity index (χ0v) is 10.4. The second kappa shape index (κ2) is 3.56. The number of ether oxygens (including phenoxy) is 2. The number of methoxy groups -OCH3 is 2. The summed E-state index contributed by atoms with van der Waals surface area (Å²) in [5.41, 5.74) is -1.78. The number of hydrogen-bond donors (Lipinski definition) is 2. The van der Waals surface area contributed by atoms with Gasteiger partial charge in [0.05, 0.1) is 0 Å². The first kappa shape index (κ1) is 12.6. The fourth-order valence-corrected chi connectivity index (χ4v) is 2.49. The Kier molecular flexibility index (Phi) is 2.49. The molecule has 2 heterocycles. The molecule has 100 valence electrons. The van der Waals surface area contributed by atoms with Crippen LogP contribution < -0.4 is 10.6 Å². The smallest absolute Gasteiger partial charge is 0.326 e. The molecule has 2 aliphatic rings. The van der Waals surface area contributed by atoms with Crippen molar-refractivity contribution in [2.24, 2.45) is 0 Å². The van der Waals surface area contributed by atoms with Gasteiger partial charge in [-0.2, -0.15) is 0 Å². The van der Waals surface area contributed by atoms with Crippen molar-refractivity contribution in [1.82, 2.24) is 20.4 Å². The third-order valence-corrected chi connectivity index (χ3v) is 3.39. The molecule has 0 bridgehead atoms. The van der Waals surface area contributed by atoms with Gasteiger partial charge in [-0.05, 0) is 0 Å². The van der Waals surface area contributed by atoms with Crippen LogP contribution in [-0.4, -0.2) is 67.7 Å². The minimum absolute atomic E-state index is 0.518. The van der Waals surface area contributed by atoms with Gasteiger partial charge in [0.15, 0.2) is 0 Å². The summed E-state index contributed by atoms with van der Waals surface area (Å²) in [6.45, 7) is 0. The lowest BCUT2D eigenvalue weighted by Crippen LogP contribution is -2.81. The number of imide groups is 1. The third-order valence-electron chi connectivity index (χ3n) is 3.39. The van der Waals surface area contributed by atoms with Gasteiger partial charge in [0.25, 0.3) is 17.5 Å². The number of nitrogens with one attached hydrogen (secondary N) is 2. The highest BCUT2D eigenvalue weighted by Crippen LogP contribution is 2.41. The lowest BCUT2D eigenvalue weighted by Gasteiger charge is -2.47. The van der Waals surface area contributed by atoms with Crippen molar-refractivity contribution in [3.8, 4) is 0 Å². The molecule has 0 radical (unpaired) electrons. The molecule has 2 atom stereocenters. The molecule has 0 spiro atoms. The van der Waals surface area contributed by atoms with E-state index in [4.69, 9.17) is 9.47 Å². The quantitative estimate of drug-likeness (QED) is 0.625. The number of hydrogen-bond acceptors (Lipinski definition) is 5. The van der Waals surface area contributed by atoms with E-state index in [2.05, 4.69) is 10.6 Å². The molecule has 2 fully saturated rings. The summed E-state index contributed by atoms with van der Waals surface area (Å²) in [6.07, 6.45) is 0. The lowest BCUT2D eigenvalue weighted by atomic mass is 10.0. The SMILES string of the molecule is CO[C@]12NC(=O)NC(=O)[C@@]1(OC)N(C)C(=O)N2C. The number of likely N-dealkylation sites (N-methyl/N-ethyl adjacent to an activating group) is 2. The molecule has 0 saturated carbocycles. The minimum atomic E-state index is -1.78. The average Bonchev–Trinajstić information content (AvgIpc) is 2.50. The van der Waals surface area contributed by atoms with Crippen molar-refractivity contribution >= 4 is 18.0 Å². The molecule has 0 aromatic rings. The van der Waals surface area contributed by atoms with E-state index >= 15 is 0 Å². The summed E-state index contributed by atoms with van der Waals surface area (Å²) in [4.78, 5) is 37.8. The van der Waals surface area contributed by atoms with E-state index in [1.165, 1.54) is 28.3 Å². The van der Waals surface area contributed by atoms with E-state index in [9.17, 15) is 14.4 Å². The van der Waals surface area contributed by atoms with E-state index in [0.717, 1.165) is 9.80 Å². The van der Waals surface area contributed by atoms with Crippen LogP contribution >= 0.6 is 0 Å². The molecule has 0 aromatic heterocycles. The van der Waals surface area contributed by atoms with Gasteiger partial charge < -0.3 is 9.47 Å². The number of urea groups is 2. The number of rotatable bonds is 2. The van der Waals surface area contributed by atoms with Crippen molar-refractivity contribution in [1.29, 1.82) is 0 Å². The van der Waals surface area contributed by atoms with E-state index in [-0.39, 0.29) is 0 Å². The highest BCUT2D eigenvalue weighted by Gasteiger charge is 2.74. The largest absolute Gasteiger partial charge is 0.345 e. The molecule has 5 amide bonds. The predicted molar refractivity (Wildman–Crippen MR) is 57.1 cm³/mol. The Hall–Kier alpha value is -1.87. The predicted octanol–water partition coefficient (Wildman–Crippen LogP) is -1.53. The maximum atomic E-state index is 12.1. The summed E-state index contributed by atoms with van der Waals surface area (Å²) < 4.78 is 10.5. The molecule has 18 heavy (non-hydrogen) atoms. The highest BCUT2D eigenvalue weighted by atomic mass is 16.6. The molecule has 9 nitrogen and oxygen atoms in total. The normalized spacial score (nSPS) is 35.4. The van der Waals surface area contributed by atoms with Crippen LogP contribution in [-0.2, 0) is 14.3 Å². The Bertz CT molecular complexity index is 441. The van der Waals surface area contributed by atoms with Crippen LogP contribution in [0.25, 0.3) is 0 Å². The third kappa shape index (κ3) is 1.05. The van der Waals surface area contributed by atoms with Gasteiger partial charge >= 0.3 is 12.1 Å². The standard InChI is InChI=1S/C9H14N4O5/c1-12-7(16)13(2)9(18-4)8(12,17-3)5(14)10-6(15)11-9/h1-4H3,(H2,10,11,14,15)/t8-,9-/m0/s1. The first-order valence-electron chi connectivity index (χ1n) is 5.13. The Morgan fingerprint density at radius 3 is 2.17 bits per heavy atom. The number of amides is 5. The van der Waals surface area contributed by atoms with Crippen LogP contribution in [0.1, 0.15) is 0 Å². The topological polar surface area (TPSA) is 100 Å². The number of carbonyl (C=O) groups is 3. The van der Waals surface area contributed by atoms with E-state index in [1.54, 1.807) is 0 Å². The van der Waals surface area contributed by atoms with E-state index in [0.29, 0.717) is 0 Å². The van der Waals surface area contributed by atoms with Crippen LogP contribution in [0, 0.1) is 0 Å². The fraction of sp³-hybridized carbons (Fsp3) is 0.667. The summed E-state index contributed by atoms with van der Waals surface area (Å²) in [7, 11) is 5.32. The second-order valence-electron chi connectivity index (χ2n) is 4.01. The lowest BCUT2D eigenvalue weighted by molar-refractivity contribution is -0.253. The van der Waals surface area contributed by atoms with Crippen LogP contribution in [0.3, 0.4) is 0 Å². The van der Waals surface area contributed by atoms with Gasteiger partial charge in [0.2, 0.25) is 0 Å². The number of nitrogens with zero attached hydrogens (tertiary/aromatic N) is 2. The Balaban J connectivity index is 2.68. The zero-order chi connectivity index (χ0) is 13.7. The molecule has 2 aliphatic heterocycles. The average molecular weight is 258 g/mol. The van der Waals surface area contributed by atoms with Crippen molar-refractivity contribution in [3.63, 3.8) is 0 Å². The molecular weight excluding hydrogens is 244 g/mol. The summed E-state index contributed by atoms with van der Waals surface area (Å²) in [6, 6.07) is -1.28. The van der Waals surface area contributed by atoms with Crippen molar-refractivity contribution in [2.45, 2.75) is 11.6 Å². The summed E-state index contributed by atoms with van der Waals surface area (Å²) in [5, 5.41) is 4.48. The fourth-order valence-electron chi connectivity index (χ4n) is 2.49. The zero-order valence-electron chi connectivity index (χ0n) is 10.4. The van der Waals surface area contributed by atoms with Gasteiger partial charge in [0.1, 0.15) is 0 Å².